The summed E-state index contributed by atoms with van der Waals surface area (Å²) in [6.45, 7) is 0. The van der Waals surface area contributed by atoms with Crippen LogP contribution in [0.1, 0.15) is 11.1 Å². The molecule has 1 unspecified atom stereocenters. The van der Waals surface area contributed by atoms with Crippen LogP contribution in [0.25, 0.3) is 0 Å². The number of nitrogens with zero attached hydrogens (tertiary/aromatic N) is 3. The first-order chi connectivity index (χ1) is 6.43. The van der Waals surface area contributed by atoms with E-state index in [1.807, 2.05) is 12.1 Å². The highest BCUT2D eigenvalue weighted by atomic mass is 32.2. The van der Waals surface area contributed by atoms with E-state index in [9.17, 15) is 0 Å². The molecule has 1 aromatic rings. The second-order valence-corrected chi connectivity index (χ2v) is 3.69. The fourth-order valence-corrected chi connectivity index (χ4v) is 2.15. The van der Waals surface area contributed by atoms with E-state index >= 15 is 0 Å². The lowest BCUT2D eigenvalue weighted by Crippen LogP contribution is -1.94. The van der Waals surface area contributed by atoms with Crippen LogP contribution in [0.2, 0.25) is 0 Å². The molecule has 0 N–H and O–H groups in total. The minimum atomic E-state index is 0.00111. The maximum atomic E-state index is 5.25. The molecule has 0 bridgehead atoms. The summed E-state index contributed by atoms with van der Waals surface area (Å²) in [6, 6.07) is 3.77. The van der Waals surface area contributed by atoms with E-state index in [-0.39, 0.29) is 5.37 Å². The fourth-order valence-electron chi connectivity index (χ4n) is 1.22. The third-order valence-corrected chi connectivity index (χ3v) is 2.87. The largest absolute Gasteiger partial charge is 0.466 e. The quantitative estimate of drug-likeness (QED) is 0.680. The number of aliphatic imine (C=N–C) groups is 3. The van der Waals surface area contributed by atoms with E-state index in [0.29, 0.717) is 0 Å². The van der Waals surface area contributed by atoms with Crippen LogP contribution < -0.4 is 0 Å². The van der Waals surface area contributed by atoms with Crippen molar-refractivity contribution in [2.75, 3.05) is 0 Å². The molecule has 0 aromatic carbocycles. The molecule has 4 nitrogen and oxygen atoms in total. The van der Waals surface area contributed by atoms with Gasteiger partial charge in [0.1, 0.15) is 17.1 Å². The van der Waals surface area contributed by atoms with Crippen LogP contribution >= 0.6 is 11.8 Å². The smallest absolute Gasteiger partial charge is 0.183 e. The topological polar surface area (TPSA) is 50.2 Å². The predicted molar refractivity (Wildman–Crippen MR) is 52.4 cm³/mol. The summed E-state index contributed by atoms with van der Waals surface area (Å²) in [4.78, 5) is 12.4. The minimum absolute atomic E-state index is 0.00111. The number of furan rings is 1. The standard InChI is InChI=1S/C8H5N3OS/c1-2-5(12-3-1)7-11-6-8(13-7)10-4-9-6/h1-4,7H. The number of hydrogen-bond donors (Lipinski definition) is 0. The number of fused-ring (bicyclic) bond motifs is 1. The van der Waals surface area contributed by atoms with Crippen molar-refractivity contribution < 1.29 is 4.42 Å². The van der Waals surface area contributed by atoms with Crippen molar-refractivity contribution in [1.82, 2.24) is 0 Å². The van der Waals surface area contributed by atoms with Crippen molar-refractivity contribution in [1.29, 1.82) is 0 Å². The molecular weight excluding hydrogens is 186 g/mol. The Kier molecular flexibility index (Phi) is 1.40. The van der Waals surface area contributed by atoms with E-state index in [1.165, 1.54) is 6.34 Å². The highest BCUT2D eigenvalue weighted by molar-refractivity contribution is 8.16. The maximum absolute atomic E-state index is 5.25. The van der Waals surface area contributed by atoms with Gasteiger partial charge in [-0.05, 0) is 12.1 Å². The van der Waals surface area contributed by atoms with Crippen LogP contribution in [0.3, 0.4) is 0 Å². The monoisotopic (exact) mass is 191 g/mol. The Morgan fingerprint density at radius 2 is 2.46 bits per heavy atom. The van der Waals surface area contributed by atoms with E-state index in [4.69, 9.17) is 4.42 Å². The highest BCUT2D eigenvalue weighted by Gasteiger charge is 2.29. The van der Waals surface area contributed by atoms with Gasteiger partial charge in [0.25, 0.3) is 0 Å². The molecule has 1 atom stereocenters. The summed E-state index contributed by atoms with van der Waals surface area (Å²) in [5, 5.41) is 0.891. The van der Waals surface area contributed by atoms with E-state index < -0.39 is 0 Å². The summed E-state index contributed by atoms with van der Waals surface area (Å²) < 4.78 is 5.25. The van der Waals surface area contributed by atoms with Gasteiger partial charge in [-0.1, -0.05) is 11.8 Å². The third-order valence-electron chi connectivity index (χ3n) is 1.80. The molecule has 0 saturated carbocycles. The second kappa shape index (κ2) is 2.56. The molecular formula is C8H5N3OS. The Bertz CT molecular complexity index is 419. The van der Waals surface area contributed by atoms with Crippen LogP contribution in [0, 0.1) is 0 Å². The van der Waals surface area contributed by atoms with Gasteiger partial charge in [-0.25, -0.2) is 15.0 Å². The Morgan fingerprint density at radius 1 is 1.46 bits per heavy atom. The molecule has 13 heavy (non-hydrogen) atoms. The van der Waals surface area contributed by atoms with Gasteiger partial charge in [0.2, 0.25) is 0 Å². The van der Waals surface area contributed by atoms with Gasteiger partial charge in [-0.2, -0.15) is 0 Å². The first kappa shape index (κ1) is 7.08. The lowest BCUT2D eigenvalue weighted by molar-refractivity contribution is 0.510. The molecule has 0 amide bonds. The van der Waals surface area contributed by atoms with Crippen molar-refractivity contribution in [3.8, 4) is 0 Å². The molecule has 3 heterocycles. The lowest BCUT2D eigenvalue weighted by atomic mass is 10.4. The maximum Gasteiger partial charge on any atom is 0.183 e. The fraction of sp³-hybridized carbons (Fsp3) is 0.125. The Labute approximate surface area is 78.5 Å². The summed E-state index contributed by atoms with van der Waals surface area (Å²) in [6.07, 6.45) is 3.18. The van der Waals surface area contributed by atoms with Gasteiger partial charge in [0.05, 0.1) is 6.26 Å². The third kappa shape index (κ3) is 1.04. The van der Waals surface area contributed by atoms with Crippen molar-refractivity contribution in [2.24, 2.45) is 15.0 Å². The lowest BCUT2D eigenvalue weighted by Gasteiger charge is -1.98. The van der Waals surface area contributed by atoms with E-state index in [0.717, 1.165) is 16.6 Å². The predicted octanol–water partition coefficient (Wildman–Crippen LogP) is 1.86. The molecule has 1 aromatic heterocycles. The molecule has 5 heteroatoms. The molecule has 0 radical (unpaired) electrons. The number of thioether (sulfide) groups is 1. The summed E-state index contributed by atoms with van der Waals surface area (Å²) in [5.41, 5.74) is 0. The zero-order valence-corrected chi connectivity index (χ0v) is 7.36. The van der Waals surface area contributed by atoms with E-state index in [1.54, 1.807) is 18.0 Å². The van der Waals surface area contributed by atoms with E-state index in [2.05, 4.69) is 15.0 Å². The zero-order chi connectivity index (χ0) is 8.67. The normalized spacial score (nSPS) is 24.5. The minimum Gasteiger partial charge on any atom is -0.466 e. The summed E-state index contributed by atoms with van der Waals surface area (Å²) in [7, 11) is 0. The van der Waals surface area contributed by atoms with Crippen molar-refractivity contribution >= 4 is 29.0 Å². The average Bonchev–Trinajstić information content (AvgIpc) is 2.78. The number of rotatable bonds is 1. The summed E-state index contributed by atoms with van der Waals surface area (Å²) in [5.74, 6) is 1.58. The van der Waals surface area contributed by atoms with Gasteiger partial charge < -0.3 is 4.42 Å². The van der Waals surface area contributed by atoms with Crippen LogP contribution in [0.15, 0.2) is 37.8 Å². The second-order valence-electron chi connectivity index (χ2n) is 2.62. The average molecular weight is 191 g/mol. The zero-order valence-electron chi connectivity index (χ0n) is 6.54. The molecule has 2 aliphatic heterocycles. The first-order valence-corrected chi connectivity index (χ1v) is 4.70. The first-order valence-electron chi connectivity index (χ1n) is 3.82. The van der Waals surface area contributed by atoms with Crippen molar-refractivity contribution in [2.45, 2.75) is 5.37 Å². The Balaban J connectivity index is 1.96. The van der Waals surface area contributed by atoms with Gasteiger partial charge in [0.15, 0.2) is 11.2 Å². The summed E-state index contributed by atoms with van der Waals surface area (Å²) >= 11 is 1.57. The van der Waals surface area contributed by atoms with Crippen LogP contribution in [-0.2, 0) is 0 Å². The molecule has 64 valence electrons. The highest BCUT2D eigenvalue weighted by Crippen LogP contribution is 2.38. The van der Waals surface area contributed by atoms with Gasteiger partial charge in [-0.3, -0.25) is 0 Å². The number of amidine groups is 1. The number of hydrogen-bond acceptors (Lipinski definition) is 5. The van der Waals surface area contributed by atoms with Crippen molar-refractivity contribution in [3.63, 3.8) is 0 Å². The SMILES string of the molecule is C1=NC2=NC(c3ccco3)SC2=N1. The molecule has 2 aliphatic rings. The molecule has 0 aliphatic carbocycles. The molecule has 0 fully saturated rings. The molecule has 0 saturated heterocycles. The van der Waals surface area contributed by atoms with Crippen LogP contribution in [0.5, 0.6) is 0 Å². The van der Waals surface area contributed by atoms with Crippen molar-refractivity contribution in [3.05, 3.63) is 24.2 Å². The van der Waals surface area contributed by atoms with Crippen LogP contribution in [0.4, 0.5) is 0 Å². The Morgan fingerprint density at radius 3 is 3.23 bits per heavy atom. The van der Waals surface area contributed by atoms with Gasteiger partial charge >= 0.3 is 0 Å². The Hall–Kier alpha value is -1.36. The van der Waals surface area contributed by atoms with Crippen LogP contribution in [-0.4, -0.2) is 17.2 Å². The van der Waals surface area contributed by atoms with Gasteiger partial charge in [0, 0.05) is 0 Å². The molecule has 0 spiro atoms. The molecule has 3 rings (SSSR count). The van der Waals surface area contributed by atoms with Gasteiger partial charge in [-0.15, -0.1) is 0 Å².